The summed E-state index contributed by atoms with van der Waals surface area (Å²) >= 11 is 1.44. The summed E-state index contributed by atoms with van der Waals surface area (Å²) in [4.78, 5) is 10.7. The number of benzene rings is 1. The standard InChI is InChI=1S/C10H5NO2S/c11-4-7-5-14-9-2-1-6(10(12)13)3-8(7)9/h1-3,5H,(H,12,13). The summed E-state index contributed by atoms with van der Waals surface area (Å²) in [7, 11) is 0. The van der Waals surface area contributed by atoms with Gasteiger partial charge in [-0.05, 0) is 18.2 Å². The van der Waals surface area contributed by atoms with Crippen LogP contribution in [0.4, 0.5) is 0 Å². The monoisotopic (exact) mass is 203 g/mol. The maximum atomic E-state index is 10.7. The molecule has 0 bridgehead atoms. The Morgan fingerprint density at radius 2 is 2.29 bits per heavy atom. The molecule has 4 heteroatoms. The minimum absolute atomic E-state index is 0.215. The number of aromatic carboxylic acids is 1. The zero-order chi connectivity index (χ0) is 10.1. The number of carboxylic acids is 1. The molecule has 3 nitrogen and oxygen atoms in total. The molecule has 0 aliphatic carbocycles. The summed E-state index contributed by atoms with van der Waals surface area (Å²) < 4.78 is 0.937. The smallest absolute Gasteiger partial charge is 0.335 e. The SMILES string of the molecule is N#Cc1csc2ccc(C(=O)O)cc12. The highest BCUT2D eigenvalue weighted by molar-refractivity contribution is 7.17. The van der Waals surface area contributed by atoms with Crippen molar-refractivity contribution in [2.75, 3.05) is 0 Å². The van der Waals surface area contributed by atoms with Gasteiger partial charge in [-0.2, -0.15) is 5.26 Å². The van der Waals surface area contributed by atoms with Crippen molar-refractivity contribution in [1.29, 1.82) is 5.26 Å². The van der Waals surface area contributed by atoms with Gasteiger partial charge in [0.1, 0.15) is 6.07 Å². The van der Waals surface area contributed by atoms with Gasteiger partial charge in [0.05, 0.1) is 11.1 Å². The number of nitrogens with zero attached hydrogens (tertiary/aromatic N) is 1. The van der Waals surface area contributed by atoms with E-state index in [9.17, 15) is 4.79 Å². The zero-order valence-corrected chi connectivity index (χ0v) is 7.84. The molecule has 0 unspecified atom stereocenters. The van der Waals surface area contributed by atoms with Crippen molar-refractivity contribution in [2.45, 2.75) is 0 Å². The molecule has 0 amide bonds. The van der Waals surface area contributed by atoms with Gasteiger partial charge in [0.2, 0.25) is 0 Å². The summed E-state index contributed by atoms with van der Waals surface area (Å²) in [6.07, 6.45) is 0. The normalized spacial score (nSPS) is 9.93. The minimum atomic E-state index is -0.970. The van der Waals surface area contributed by atoms with E-state index < -0.39 is 5.97 Å². The Labute approximate surface area is 83.8 Å². The molecule has 0 fully saturated rings. The molecule has 0 aliphatic heterocycles. The molecule has 0 radical (unpaired) electrons. The average molecular weight is 203 g/mol. The number of rotatable bonds is 1. The van der Waals surface area contributed by atoms with Crippen molar-refractivity contribution in [3.8, 4) is 6.07 Å². The molecule has 2 rings (SSSR count). The highest BCUT2D eigenvalue weighted by Crippen LogP contribution is 2.26. The zero-order valence-electron chi connectivity index (χ0n) is 7.02. The van der Waals surface area contributed by atoms with E-state index in [1.807, 2.05) is 6.07 Å². The van der Waals surface area contributed by atoms with Crippen LogP contribution in [0.15, 0.2) is 23.6 Å². The van der Waals surface area contributed by atoms with Crippen LogP contribution < -0.4 is 0 Å². The summed E-state index contributed by atoms with van der Waals surface area (Å²) in [6.45, 7) is 0. The fourth-order valence-corrected chi connectivity index (χ4v) is 2.12. The van der Waals surface area contributed by atoms with Crippen LogP contribution >= 0.6 is 11.3 Å². The Morgan fingerprint density at radius 3 is 2.93 bits per heavy atom. The van der Waals surface area contributed by atoms with Crippen LogP contribution in [0.3, 0.4) is 0 Å². The van der Waals surface area contributed by atoms with E-state index in [1.54, 1.807) is 17.5 Å². The molecule has 0 atom stereocenters. The second-order valence-electron chi connectivity index (χ2n) is 2.78. The number of hydrogen-bond donors (Lipinski definition) is 1. The van der Waals surface area contributed by atoms with Gasteiger partial charge in [-0.3, -0.25) is 0 Å². The van der Waals surface area contributed by atoms with E-state index >= 15 is 0 Å². The van der Waals surface area contributed by atoms with Gasteiger partial charge in [0.25, 0.3) is 0 Å². The Morgan fingerprint density at radius 1 is 1.50 bits per heavy atom. The van der Waals surface area contributed by atoms with Crippen LogP contribution in [0.5, 0.6) is 0 Å². The Hall–Kier alpha value is -1.86. The molecule has 2 aromatic rings. The molecule has 0 saturated carbocycles. The molecule has 1 aromatic heterocycles. The third-order valence-corrected chi connectivity index (χ3v) is 2.90. The van der Waals surface area contributed by atoms with Crippen LogP contribution in [0.25, 0.3) is 10.1 Å². The largest absolute Gasteiger partial charge is 0.478 e. The number of thiophene rings is 1. The number of nitriles is 1. The quantitative estimate of drug-likeness (QED) is 0.774. The molecule has 0 aliphatic rings. The molecule has 68 valence electrons. The predicted molar refractivity (Wildman–Crippen MR) is 53.5 cm³/mol. The first-order valence-electron chi connectivity index (χ1n) is 3.87. The number of carbonyl (C=O) groups is 1. The Kier molecular flexibility index (Phi) is 1.95. The van der Waals surface area contributed by atoms with Crippen LogP contribution in [0.1, 0.15) is 15.9 Å². The molecule has 0 spiro atoms. The molecular formula is C10H5NO2S. The topological polar surface area (TPSA) is 61.1 Å². The lowest BCUT2D eigenvalue weighted by Crippen LogP contribution is -1.94. The number of hydrogen-bond acceptors (Lipinski definition) is 3. The summed E-state index contributed by atoms with van der Waals surface area (Å²) in [6, 6.07) is 6.84. The summed E-state index contributed by atoms with van der Waals surface area (Å²) in [5.41, 5.74) is 0.750. The van der Waals surface area contributed by atoms with Crippen molar-refractivity contribution in [3.63, 3.8) is 0 Å². The van der Waals surface area contributed by atoms with Crippen molar-refractivity contribution in [2.24, 2.45) is 0 Å². The van der Waals surface area contributed by atoms with Crippen molar-refractivity contribution >= 4 is 27.4 Å². The second-order valence-corrected chi connectivity index (χ2v) is 3.69. The molecule has 0 saturated heterocycles. The van der Waals surface area contributed by atoms with Crippen LogP contribution in [0.2, 0.25) is 0 Å². The fourth-order valence-electron chi connectivity index (χ4n) is 1.25. The van der Waals surface area contributed by atoms with Gasteiger partial charge < -0.3 is 5.11 Å². The van der Waals surface area contributed by atoms with E-state index in [2.05, 4.69) is 0 Å². The lowest BCUT2D eigenvalue weighted by molar-refractivity contribution is 0.0697. The van der Waals surface area contributed by atoms with E-state index in [4.69, 9.17) is 10.4 Å². The molecule has 1 aromatic carbocycles. The number of carboxylic acid groups (broad SMARTS) is 1. The molecule has 14 heavy (non-hydrogen) atoms. The van der Waals surface area contributed by atoms with Gasteiger partial charge in [-0.25, -0.2) is 4.79 Å². The average Bonchev–Trinajstić information content (AvgIpc) is 2.59. The first-order chi connectivity index (χ1) is 6.72. The predicted octanol–water partition coefficient (Wildman–Crippen LogP) is 2.47. The lowest BCUT2D eigenvalue weighted by atomic mass is 10.1. The Bertz CT molecular complexity index is 551. The maximum absolute atomic E-state index is 10.7. The number of fused-ring (bicyclic) bond motifs is 1. The van der Waals surface area contributed by atoms with Gasteiger partial charge in [-0.1, -0.05) is 0 Å². The van der Waals surface area contributed by atoms with Crippen LogP contribution in [-0.4, -0.2) is 11.1 Å². The summed E-state index contributed by atoms with van der Waals surface area (Å²) in [5.74, 6) is -0.970. The highest BCUT2D eigenvalue weighted by Gasteiger charge is 2.07. The van der Waals surface area contributed by atoms with Crippen LogP contribution in [0, 0.1) is 11.3 Å². The molecule has 1 N–H and O–H groups in total. The van der Waals surface area contributed by atoms with Gasteiger partial charge in [-0.15, -0.1) is 11.3 Å². The maximum Gasteiger partial charge on any atom is 0.335 e. The third kappa shape index (κ3) is 1.24. The lowest BCUT2D eigenvalue weighted by Gasteiger charge is -1.94. The third-order valence-electron chi connectivity index (χ3n) is 1.94. The second kappa shape index (κ2) is 3.13. The van der Waals surface area contributed by atoms with Crippen molar-refractivity contribution in [1.82, 2.24) is 0 Å². The van der Waals surface area contributed by atoms with Crippen LogP contribution in [-0.2, 0) is 0 Å². The van der Waals surface area contributed by atoms with Crippen molar-refractivity contribution in [3.05, 3.63) is 34.7 Å². The van der Waals surface area contributed by atoms with Crippen molar-refractivity contribution < 1.29 is 9.90 Å². The van der Waals surface area contributed by atoms with E-state index in [0.29, 0.717) is 5.56 Å². The van der Waals surface area contributed by atoms with Gasteiger partial charge in [0, 0.05) is 15.5 Å². The minimum Gasteiger partial charge on any atom is -0.478 e. The highest BCUT2D eigenvalue weighted by atomic mass is 32.1. The fraction of sp³-hybridized carbons (Fsp3) is 0. The van der Waals surface area contributed by atoms with Gasteiger partial charge in [0.15, 0.2) is 0 Å². The first kappa shape index (κ1) is 8.73. The van der Waals surface area contributed by atoms with E-state index in [-0.39, 0.29) is 5.56 Å². The summed E-state index contributed by atoms with van der Waals surface area (Å²) in [5, 5.41) is 20.0. The Balaban J connectivity index is 2.75. The van der Waals surface area contributed by atoms with E-state index in [1.165, 1.54) is 17.4 Å². The molecule has 1 heterocycles. The molecular weight excluding hydrogens is 198 g/mol. The van der Waals surface area contributed by atoms with Gasteiger partial charge >= 0.3 is 5.97 Å². The van der Waals surface area contributed by atoms with E-state index in [0.717, 1.165) is 10.1 Å². The first-order valence-corrected chi connectivity index (χ1v) is 4.75.